The molecule has 10 heteroatoms. The molecule has 0 aliphatic heterocycles. The van der Waals surface area contributed by atoms with E-state index >= 15 is 0 Å². The molecule has 0 spiro atoms. The van der Waals surface area contributed by atoms with Crippen molar-refractivity contribution in [2.45, 2.75) is 0 Å². The molecule has 86 heavy (non-hydrogen) atoms. The summed E-state index contributed by atoms with van der Waals surface area (Å²) in [6.07, 6.45) is 11.5. The van der Waals surface area contributed by atoms with Gasteiger partial charge in [-0.05, 0) is 103 Å². The van der Waals surface area contributed by atoms with Gasteiger partial charge in [0.25, 0.3) is 0 Å². The van der Waals surface area contributed by atoms with E-state index in [9.17, 15) is 0 Å². The standard InChI is InChI=1S/2C38H23N5/c1-3-10-24(11-4-1)42-31-16-8-7-14-28(31)35-32(42)18-17-27-30-22-33-29(23-34(30)43(37(27)35)25-12-5-2-6-13-25)26-15-9-19-39-36(26)38-40-20-21-41(33)38;1-3-10-24(11-4-1)42-32-16-8-7-14-26(32)28-17-18-29-31-22-33-30(27-15-9-19-39-35(27)38-40-20-21-41(33)38)23-34(31)43(37(29)36(28)42)25-12-5-2-6-13-25/h2*1-23H. The fourth-order valence-electron chi connectivity index (χ4n) is 14.3. The highest BCUT2D eigenvalue weighted by molar-refractivity contribution is 6.29. The number of nitrogens with zero attached hydrogens (tertiary/aromatic N) is 10. The Morgan fingerprint density at radius 1 is 0.221 bits per heavy atom. The molecule has 0 fully saturated rings. The van der Waals surface area contributed by atoms with Crippen LogP contribution < -0.4 is 0 Å². The van der Waals surface area contributed by atoms with Crippen molar-refractivity contribution >= 4 is 142 Å². The van der Waals surface area contributed by atoms with Gasteiger partial charge in [0.05, 0.1) is 55.2 Å². The summed E-state index contributed by atoms with van der Waals surface area (Å²) in [6.45, 7) is 0. The van der Waals surface area contributed by atoms with Gasteiger partial charge in [-0.1, -0.05) is 140 Å². The molecule has 0 bridgehead atoms. The highest BCUT2D eigenvalue weighted by atomic mass is 15.1. The Morgan fingerprint density at radius 3 is 1.12 bits per heavy atom. The third kappa shape index (κ3) is 6.43. The van der Waals surface area contributed by atoms with Crippen molar-refractivity contribution in [3.8, 4) is 22.7 Å². The number of pyridine rings is 4. The van der Waals surface area contributed by atoms with Crippen molar-refractivity contribution in [2.75, 3.05) is 0 Å². The van der Waals surface area contributed by atoms with Crippen LogP contribution in [0.3, 0.4) is 0 Å². The molecule has 10 nitrogen and oxygen atoms in total. The maximum atomic E-state index is 4.75. The van der Waals surface area contributed by atoms with E-state index in [1.54, 1.807) is 0 Å². The van der Waals surface area contributed by atoms with Gasteiger partial charge in [-0.2, -0.15) is 0 Å². The van der Waals surface area contributed by atoms with Crippen LogP contribution in [0.25, 0.3) is 165 Å². The summed E-state index contributed by atoms with van der Waals surface area (Å²) >= 11 is 0. The number of aromatic nitrogens is 10. The topological polar surface area (TPSA) is 80.1 Å². The van der Waals surface area contributed by atoms with E-state index in [1.807, 2.05) is 49.3 Å². The van der Waals surface area contributed by atoms with Crippen molar-refractivity contribution in [2.24, 2.45) is 0 Å². The van der Waals surface area contributed by atoms with Crippen LogP contribution in [0.5, 0.6) is 0 Å². The number of hydrogen-bond acceptors (Lipinski definition) is 4. The van der Waals surface area contributed by atoms with E-state index in [-0.39, 0.29) is 0 Å². The minimum atomic E-state index is 0.876. The summed E-state index contributed by atoms with van der Waals surface area (Å²) in [6, 6.07) is 87.3. The predicted molar refractivity (Wildman–Crippen MR) is 353 cm³/mol. The van der Waals surface area contributed by atoms with Crippen LogP contribution in [-0.2, 0) is 0 Å². The normalized spacial score (nSPS) is 12.2. The number of benzene rings is 10. The number of hydrogen-bond donors (Lipinski definition) is 0. The highest BCUT2D eigenvalue weighted by Gasteiger charge is 2.25. The maximum Gasteiger partial charge on any atom is 0.163 e. The van der Waals surface area contributed by atoms with Gasteiger partial charge in [-0.3, -0.25) is 18.8 Å². The Morgan fingerprint density at radius 2 is 0.593 bits per heavy atom. The van der Waals surface area contributed by atoms with Gasteiger partial charge in [0.2, 0.25) is 0 Å². The smallest absolute Gasteiger partial charge is 0.163 e. The molecule has 0 aliphatic carbocycles. The SMILES string of the molecule is c1ccc(-n2c3ccccc3c3c2ccc2c4cc5c(cc4n(-c4ccccc4)c23)c2cccnc2c2nccn52)cc1.c1ccc(-n2c3ccccc3c3ccc4c5cc6c(cc5n(-c5ccccc5)c4c32)c2cccnc2c2nccn62)cc1. The molecule has 400 valence electrons. The number of para-hydroxylation sites is 6. The van der Waals surface area contributed by atoms with Crippen molar-refractivity contribution < 1.29 is 0 Å². The Labute approximate surface area is 489 Å². The van der Waals surface area contributed by atoms with Gasteiger partial charge in [0, 0.05) is 125 Å². The number of imidazole rings is 2. The van der Waals surface area contributed by atoms with Crippen molar-refractivity contribution in [3.63, 3.8) is 0 Å². The Hall–Kier alpha value is -11.9. The molecular formula is C76H46N10. The van der Waals surface area contributed by atoms with Crippen molar-refractivity contribution in [3.05, 3.63) is 280 Å². The average molecular weight is 1100 g/mol. The number of rotatable bonds is 4. The molecule has 10 aromatic heterocycles. The predicted octanol–water partition coefficient (Wildman–Crippen LogP) is 18.5. The second kappa shape index (κ2) is 17.8. The lowest BCUT2D eigenvalue weighted by Gasteiger charge is -2.13. The van der Waals surface area contributed by atoms with Crippen molar-refractivity contribution in [1.82, 2.24) is 47.0 Å². The molecule has 20 aromatic rings. The quantitative estimate of drug-likeness (QED) is 0.165. The molecule has 0 radical (unpaired) electrons. The van der Waals surface area contributed by atoms with Crippen LogP contribution in [0.15, 0.2) is 280 Å². The van der Waals surface area contributed by atoms with Gasteiger partial charge in [0.1, 0.15) is 11.0 Å². The summed E-state index contributed by atoms with van der Waals surface area (Å²) in [5, 5.41) is 14.4. The third-order valence-corrected chi connectivity index (χ3v) is 17.8. The van der Waals surface area contributed by atoms with Gasteiger partial charge in [-0.15, -0.1) is 0 Å². The first-order valence-corrected chi connectivity index (χ1v) is 29.0. The molecule has 0 saturated carbocycles. The Balaban J connectivity index is 0.000000126. The fourth-order valence-corrected chi connectivity index (χ4v) is 14.3. The van der Waals surface area contributed by atoms with Gasteiger partial charge in [0.15, 0.2) is 11.3 Å². The van der Waals surface area contributed by atoms with Crippen molar-refractivity contribution in [1.29, 1.82) is 0 Å². The average Bonchev–Trinajstić information content (AvgIpc) is 1.60. The molecular weight excluding hydrogens is 1050 g/mol. The van der Waals surface area contributed by atoms with E-state index in [0.717, 1.165) is 83.2 Å². The maximum absolute atomic E-state index is 4.75. The first kappa shape index (κ1) is 46.7. The van der Waals surface area contributed by atoms with Crippen LogP contribution in [0.4, 0.5) is 0 Å². The number of fused-ring (bicyclic) bond motifs is 26. The monoisotopic (exact) mass is 1100 g/mol. The first-order valence-electron chi connectivity index (χ1n) is 29.0. The zero-order chi connectivity index (χ0) is 56.1. The van der Waals surface area contributed by atoms with Crippen LogP contribution in [0, 0.1) is 0 Å². The van der Waals surface area contributed by atoms with E-state index in [2.05, 4.69) is 258 Å². The van der Waals surface area contributed by atoms with Crippen LogP contribution in [-0.4, -0.2) is 47.0 Å². The van der Waals surface area contributed by atoms with E-state index < -0.39 is 0 Å². The minimum absolute atomic E-state index is 0.876. The van der Waals surface area contributed by atoms with E-state index in [1.165, 1.54) is 81.7 Å². The zero-order valence-electron chi connectivity index (χ0n) is 46.0. The minimum Gasteiger partial charge on any atom is -0.309 e. The molecule has 0 atom stereocenters. The molecule has 0 unspecified atom stereocenters. The molecule has 0 aliphatic rings. The molecule has 10 heterocycles. The molecule has 0 N–H and O–H groups in total. The van der Waals surface area contributed by atoms with E-state index in [4.69, 9.17) is 19.9 Å². The summed E-state index contributed by atoms with van der Waals surface area (Å²) in [5.74, 6) is 0. The second-order valence-electron chi connectivity index (χ2n) is 22.2. The third-order valence-electron chi connectivity index (χ3n) is 17.8. The summed E-state index contributed by atoms with van der Waals surface area (Å²) in [7, 11) is 0. The summed E-state index contributed by atoms with van der Waals surface area (Å²) < 4.78 is 14.1. The lowest BCUT2D eigenvalue weighted by molar-refractivity contribution is 1.15. The van der Waals surface area contributed by atoms with Gasteiger partial charge < -0.3 is 18.3 Å². The van der Waals surface area contributed by atoms with Crippen LogP contribution >= 0.6 is 0 Å². The Bertz CT molecular complexity index is 6180. The summed E-state index contributed by atoms with van der Waals surface area (Å²) in [4.78, 5) is 18.9. The molecule has 20 rings (SSSR count). The summed E-state index contributed by atoms with van der Waals surface area (Å²) in [5.41, 5.74) is 19.9. The zero-order valence-corrected chi connectivity index (χ0v) is 46.0. The largest absolute Gasteiger partial charge is 0.309 e. The van der Waals surface area contributed by atoms with Crippen LogP contribution in [0.1, 0.15) is 0 Å². The molecule has 0 amide bonds. The second-order valence-corrected chi connectivity index (χ2v) is 22.2. The Kier molecular flexibility index (Phi) is 9.67. The molecule has 0 saturated heterocycles. The highest BCUT2D eigenvalue weighted by Crippen LogP contribution is 2.46. The van der Waals surface area contributed by atoms with Gasteiger partial charge in [-0.25, -0.2) is 9.97 Å². The van der Waals surface area contributed by atoms with Gasteiger partial charge >= 0.3 is 0 Å². The lowest BCUT2D eigenvalue weighted by Crippen LogP contribution is -1.98. The first-order chi connectivity index (χ1) is 42.7. The van der Waals surface area contributed by atoms with E-state index in [0.29, 0.717) is 0 Å². The van der Waals surface area contributed by atoms with Crippen LogP contribution in [0.2, 0.25) is 0 Å². The lowest BCUT2D eigenvalue weighted by atomic mass is 10.0. The fraction of sp³-hybridized carbons (Fsp3) is 0. The molecule has 10 aromatic carbocycles.